The zero-order valence-corrected chi connectivity index (χ0v) is 22.2. The molecule has 0 unspecified atom stereocenters. The van der Waals surface area contributed by atoms with E-state index in [1.807, 2.05) is 23.1 Å². The molecule has 4 rings (SSSR count). The number of para-hydroxylation sites is 2. The highest BCUT2D eigenvalue weighted by atomic mass is 16.5. The molecule has 0 spiro atoms. The number of hydrogen-bond acceptors (Lipinski definition) is 6. The monoisotopic (exact) mass is 522 g/mol. The molecule has 1 fully saturated rings. The summed E-state index contributed by atoms with van der Waals surface area (Å²) in [5, 5.41) is 5.50. The van der Waals surface area contributed by atoms with Gasteiger partial charge in [0.2, 0.25) is 5.91 Å². The van der Waals surface area contributed by atoms with Crippen molar-refractivity contribution in [2.24, 2.45) is 5.73 Å². The first-order chi connectivity index (χ1) is 18.5. The highest BCUT2D eigenvalue weighted by Gasteiger charge is 2.29. The summed E-state index contributed by atoms with van der Waals surface area (Å²) in [6.07, 6.45) is 2.96. The number of piperidine rings is 1. The summed E-state index contributed by atoms with van der Waals surface area (Å²) in [6, 6.07) is 14.3. The van der Waals surface area contributed by atoms with E-state index >= 15 is 0 Å². The lowest BCUT2D eigenvalue weighted by Gasteiger charge is -2.33. The van der Waals surface area contributed by atoms with E-state index in [9.17, 15) is 9.59 Å². The van der Waals surface area contributed by atoms with Crippen LogP contribution in [0.1, 0.15) is 37.4 Å². The topological polar surface area (TPSA) is 124 Å². The molecule has 3 aromatic rings. The fraction of sp³-hybridized carbons (Fsp3) is 0.464. The SMILES string of the molecule is COCCCn1c([C@@H]2CCCN(C(=O)C[C@@H](N)CNC(=O)Nc3ccc(OC)cc3)C2)nc2ccccc21. The lowest BCUT2D eigenvalue weighted by Crippen LogP contribution is -2.45. The first-order valence-electron chi connectivity index (χ1n) is 13.1. The predicted octanol–water partition coefficient (Wildman–Crippen LogP) is 3.33. The van der Waals surface area contributed by atoms with Crippen molar-refractivity contribution in [2.75, 3.05) is 45.8 Å². The van der Waals surface area contributed by atoms with Crippen molar-refractivity contribution in [3.05, 3.63) is 54.4 Å². The van der Waals surface area contributed by atoms with E-state index in [2.05, 4.69) is 21.3 Å². The molecule has 1 aromatic heterocycles. The third-order valence-corrected chi connectivity index (χ3v) is 6.86. The number of aromatic nitrogens is 2. The zero-order chi connectivity index (χ0) is 26.9. The number of fused-ring (bicyclic) bond motifs is 1. The molecular weight excluding hydrogens is 484 g/mol. The maximum atomic E-state index is 13.1. The maximum absolute atomic E-state index is 13.1. The summed E-state index contributed by atoms with van der Waals surface area (Å²) in [5.41, 5.74) is 8.94. The van der Waals surface area contributed by atoms with Crippen LogP contribution in [0.3, 0.4) is 0 Å². The van der Waals surface area contributed by atoms with Crippen LogP contribution in [0.2, 0.25) is 0 Å². The largest absolute Gasteiger partial charge is 0.497 e. The quantitative estimate of drug-likeness (QED) is 0.332. The van der Waals surface area contributed by atoms with Crippen LogP contribution in [-0.2, 0) is 16.1 Å². The Morgan fingerprint density at radius 1 is 1.16 bits per heavy atom. The molecule has 10 heteroatoms. The Bertz CT molecular complexity index is 1210. The molecule has 4 N–H and O–H groups in total. The number of carbonyl (C=O) groups excluding carboxylic acids is 2. The van der Waals surface area contributed by atoms with Crippen LogP contribution in [0.25, 0.3) is 11.0 Å². The molecule has 0 bridgehead atoms. The van der Waals surface area contributed by atoms with Gasteiger partial charge in [-0.15, -0.1) is 0 Å². The molecule has 2 heterocycles. The van der Waals surface area contributed by atoms with Crippen molar-refractivity contribution in [3.63, 3.8) is 0 Å². The van der Waals surface area contributed by atoms with Crippen LogP contribution in [0.5, 0.6) is 5.75 Å². The van der Waals surface area contributed by atoms with Crippen LogP contribution in [0.4, 0.5) is 10.5 Å². The lowest BCUT2D eigenvalue weighted by atomic mass is 9.96. The van der Waals surface area contributed by atoms with Gasteiger partial charge in [0.1, 0.15) is 11.6 Å². The van der Waals surface area contributed by atoms with E-state index < -0.39 is 6.04 Å². The Morgan fingerprint density at radius 3 is 2.71 bits per heavy atom. The molecule has 2 aromatic carbocycles. The number of anilines is 1. The van der Waals surface area contributed by atoms with Gasteiger partial charge in [0, 0.05) is 64.0 Å². The summed E-state index contributed by atoms with van der Waals surface area (Å²) in [5.74, 6) is 1.90. The van der Waals surface area contributed by atoms with Crippen molar-refractivity contribution >= 4 is 28.7 Å². The van der Waals surface area contributed by atoms with E-state index in [0.29, 0.717) is 31.1 Å². The van der Waals surface area contributed by atoms with E-state index in [1.54, 1.807) is 38.5 Å². The van der Waals surface area contributed by atoms with Crippen LogP contribution in [-0.4, -0.2) is 72.9 Å². The number of nitrogens with one attached hydrogen (secondary N) is 2. The number of imidazole rings is 1. The Hall–Kier alpha value is -3.63. The molecule has 1 aliphatic rings. The van der Waals surface area contributed by atoms with Gasteiger partial charge in [-0.25, -0.2) is 9.78 Å². The maximum Gasteiger partial charge on any atom is 0.319 e. The van der Waals surface area contributed by atoms with E-state index in [4.69, 9.17) is 20.2 Å². The Balaban J connectivity index is 1.31. The smallest absolute Gasteiger partial charge is 0.319 e. The van der Waals surface area contributed by atoms with Gasteiger partial charge >= 0.3 is 6.03 Å². The number of hydrogen-bond donors (Lipinski definition) is 3. The van der Waals surface area contributed by atoms with Crippen molar-refractivity contribution in [3.8, 4) is 5.75 Å². The normalized spacial score (nSPS) is 16.3. The van der Waals surface area contributed by atoms with Crippen LogP contribution in [0.15, 0.2) is 48.5 Å². The van der Waals surface area contributed by atoms with E-state index in [-0.39, 0.29) is 30.8 Å². The van der Waals surface area contributed by atoms with Crippen molar-refractivity contribution in [1.29, 1.82) is 0 Å². The molecule has 2 atom stereocenters. The van der Waals surface area contributed by atoms with Crippen LogP contribution < -0.4 is 21.1 Å². The van der Waals surface area contributed by atoms with Gasteiger partial charge in [-0.2, -0.15) is 0 Å². The Labute approximate surface area is 223 Å². The average molecular weight is 523 g/mol. The van der Waals surface area contributed by atoms with Crippen molar-refractivity contribution < 1.29 is 19.1 Å². The number of rotatable bonds is 11. The first kappa shape index (κ1) is 27.4. The number of methoxy groups -OCH3 is 2. The molecular formula is C28H38N6O4. The minimum atomic E-state index is -0.483. The van der Waals surface area contributed by atoms with Gasteiger partial charge in [0.05, 0.1) is 18.1 Å². The zero-order valence-electron chi connectivity index (χ0n) is 22.2. The van der Waals surface area contributed by atoms with Gasteiger partial charge in [0.15, 0.2) is 0 Å². The second kappa shape index (κ2) is 13.3. The summed E-state index contributed by atoms with van der Waals surface area (Å²) in [7, 11) is 3.30. The number of benzene rings is 2. The lowest BCUT2D eigenvalue weighted by molar-refractivity contribution is -0.132. The third kappa shape index (κ3) is 7.02. The Morgan fingerprint density at radius 2 is 1.95 bits per heavy atom. The molecule has 38 heavy (non-hydrogen) atoms. The minimum Gasteiger partial charge on any atom is -0.497 e. The molecule has 0 aliphatic carbocycles. The number of carbonyl (C=O) groups is 2. The molecule has 1 saturated heterocycles. The average Bonchev–Trinajstić information content (AvgIpc) is 3.31. The molecule has 204 valence electrons. The number of amides is 3. The molecule has 0 radical (unpaired) electrons. The summed E-state index contributed by atoms with van der Waals surface area (Å²) >= 11 is 0. The van der Waals surface area contributed by atoms with Crippen molar-refractivity contribution in [2.45, 2.75) is 44.2 Å². The highest BCUT2D eigenvalue weighted by molar-refractivity contribution is 5.89. The molecule has 0 saturated carbocycles. The fourth-order valence-corrected chi connectivity index (χ4v) is 4.92. The summed E-state index contributed by atoms with van der Waals surface area (Å²) < 4.78 is 12.7. The number of likely N-dealkylation sites (tertiary alicyclic amines) is 1. The van der Waals surface area contributed by atoms with Gasteiger partial charge < -0.3 is 35.3 Å². The molecule has 10 nitrogen and oxygen atoms in total. The summed E-state index contributed by atoms with van der Waals surface area (Å²) in [6.45, 7) is 3.02. The second-order valence-electron chi connectivity index (χ2n) is 9.66. The summed E-state index contributed by atoms with van der Waals surface area (Å²) in [4.78, 5) is 32.2. The fourth-order valence-electron chi connectivity index (χ4n) is 4.92. The Kier molecular flexibility index (Phi) is 9.56. The number of nitrogens with two attached hydrogens (primary N) is 1. The van der Waals surface area contributed by atoms with Crippen LogP contribution >= 0.6 is 0 Å². The molecule has 1 aliphatic heterocycles. The predicted molar refractivity (Wildman–Crippen MR) is 147 cm³/mol. The van der Waals surface area contributed by atoms with Gasteiger partial charge in [-0.3, -0.25) is 4.79 Å². The van der Waals surface area contributed by atoms with Gasteiger partial charge in [0.25, 0.3) is 0 Å². The minimum absolute atomic E-state index is 0.00149. The van der Waals surface area contributed by atoms with E-state index in [1.165, 1.54) is 0 Å². The number of aryl methyl sites for hydroxylation is 1. The van der Waals surface area contributed by atoms with Crippen molar-refractivity contribution in [1.82, 2.24) is 19.8 Å². The van der Waals surface area contributed by atoms with E-state index in [0.717, 1.165) is 42.7 Å². The second-order valence-corrected chi connectivity index (χ2v) is 9.66. The van der Waals surface area contributed by atoms with Gasteiger partial charge in [-0.05, 0) is 55.7 Å². The number of ether oxygens (including phenoxy) is 2. The first-order valence-corrected chi connectivity index (χ1v) is 13.1. The number of urea groups is 1. The van der Waals surface area contributed by atoms with Gasteiger partial charge in [-0.1, -0.05) is 12.1 Å². The standard InChI is InChI=1S/C28H38N6O4/c1-37-16-6-15-34-25-9-4-3-8-24(25)32-27(34)20-7-5-14-33(19-20)26(35)17-21(29)18-30-28(36)31-22-10-12-23(38-2)13-11-22/h3-4,8-13,20-21H,5-7,14-19,29H2,1-2H3,(H2,30,31,36)/t20-,21-/m1/s1. The highest BCUT2D eigenvalue weighted by Crippen LogP contribution is 2.30. The number of nitrogens with zero attached hydrogens (tertiary/aromatic N) is 3. The van der Waals surface area contributed by atoms with Crippen LogP contribution in [0, 0.1) is 0 Å². The molecule has 3 amide bonds. The third-order valence-electron chi connectivity index (χ3n) is 6.86.